The van der Waals surface area contributed by atoms with Crippen LogP contribution in [0.2, 0.25) is 0 Å². The van der Waals surface area contributed by atoms with Crippen molar-refractivity contribution >= 4 is 21.5 Å². The van der Waals surface area contributed by atoms with Crippen molar-refractivity contribution in [3.63, 3.8) is 0 Å². The molecule has 2 aliphatic carbocycles. The third kappa shape index (κ3) is 5.87. The summed E-state index contributed by atoms with van der Waals surface area (Å²) in [7, 11) is 0. The lowest BCUT2D eigenvalue weighted by atomic mass is 9.74. The van der Waals surface area contributed by atoms with Crippen LogP contribution < -0.4 is 0 Å². The van der Waals surface area contributed by atoms with Gasteiger partial charge in [0.25, 0.3) is 0 Å². The topological polar surface area (TPSA) is 38.7 Å². The Morgan fingerprint density at radius 3 is 1.43 bits per heavy atom. The molecule has 3 nitrogen and oxygen atoms in total. The highest BCUT2D eigenvalue weighted by molar-refractivity contribution is 6.08. The second kappa shape index (κ2) is 14.9. The predicted molar refractivity (Wildman–Crippen MR) is 277 cm³/mol. The van der Waals surface area contributed by atoms with E-state index < -0.39 is 0 Å². The Bertz CT molecular complexity index is 3790. The van der Waals surface area contributed by atoms with Gasteiger partial charge in [-0.1, -0.05) is 214 Å². The van der Waals surface area contributed by atoms with Crippen LogP contribution >= 0.6 is 0 Å². The summed E-state index contributed by atoms with van der Waals surface area (Å²) in [6.45, 7) is 7.03. The molecule has 3 heteroatoms. The maximum Gasteiger partial charge on any atom is 0.164 e. The maximum absolute atomic E-state index is 5.46. The summed E-state index contributed by atoms with van der Waals surface area (Å²) in [5.74, 6) is 1.93. The molecule has 0 spiro atoms. The van der Waals surface area contributed by atoms with Crippen molar-refractivity contribution in [1.29, 1.82) is 0 Å². The monoisotopic (exact) mass is 855 g/mol. The molecule has 0 radical (unpaired) electrons. The van der Waals surface area contributed by atoms with Gasteiger partial charge in [-0.05, 0) is 119 Å². The zero-order valence-electron chi connectivity index (χ0n) is 37.6. The highest BCUT2D eigenvalue weighted by atomic mass is 15.0. The zero-order valence-corrected chi connectivity index (χ0v) is 37.6. The minimum atomic E-state index is -0.296. The number of rotatable bonds is 6. The first-order chi connectivity index (χ1) is 32.9. The average molecular weight is 856 g/mol. The third-order valence-corrected chi connectivity index (χ3v) is 14.9. The number of aromatic nitrogens is 3. The Morgan fingerprint density at radius 2 is 0.746 bits per heavy atom. The first-order valence-corrected chi connectivity index (χ1v) is 23.3. The van der Waals surface area contributed by atoms with Crippen LogP contribution in [0.15, 0.2) is 218 Å². The van der Waals surface area contributed by atoms with E-state index in [1.54, 1.807) is 0 Å². The van der Waals surface area contributed by atoms with Crippen molar-refractivity contribution in [3.05, 3.63) is 246 Å². The Balaban J connectivity index is 1.02. The fourth-order valence-corrected chi connectivity index (χ4v) is 11.5. The van der Waals surface area contributed by atoms with Gasteiger partial charge in [0.2, 0.25) is 0 Å². The number of hydrogen-bond acceptors (Lipinski definition) is 3. The smallest absolute Gasteiger partial charge is 0.164 e. The van der Waals surface area contributed by atoms with Crippen molar-refractivity contribution in [2.24, 2.45) is 0 Å². The lowest BCUT2D eigenvalue weighted by Crippen LogP contribution is -2.22. The summed E-state index contributed by atoms with van der Waals surface area (Å²) in [5, 5.41) is 4.49. The molecule has 1 unspecified atom stereocenters. The molecule has 10 aromatic carbocycles. The highest BCUT2D eigenvalue weighted by Crippen LogP contribution is 2.56. The second-order valence-corrected chi connectivity index (χ2v) is 18.8. The zero-order chi connectivity index (χ0) is 44.9. The summed E-state index contributed by atoms with van der Waals surface area (Å²) < 4.78 is 0. The van der Waals surface area contributed by atoms with Crippen LogP contribution in [-0.2, 0) is 10.8 Å². The summed E-state index contributed by atoms with van der Waals surface area (Å²) in [4.78, 5) is 16.3. The minimum Gasteiger partial charge on any atom is -0.208 e. The van der Waals surface area contributed by atoms with Gasteiger partial charge >= 0.3 is 0 Å². The molecule has 13 rings (SSSR count). The molecule has 316 valence electrons. The lowest BCUT2D eigenvalue weighted by molar-refractivity contribution is 0.660. The minimum absolute atomic E-state index is 0.174. The van der Waals surface area contributed by atoms with Crippen molar-refractivity contribution in [2.75, 3.05) is 0 Å². The molecule has 11 aromatic rings. The van der Waals surface area contributed by atoms with E-state index >= 15 is 0 Å². The van der Waals surface area contributed by atoms with E-state index in [9.17, 15) is 0 Å². The molecule has 0 aliphatic heterocycles. The van der Waals surface area contributed by atoms with Crippen molar-refractivity contribution in [1.82, 2.24) is 15.0 Å². The molecule has 0 amide bonds. The Morgan fingerprint density at radius 1 is 0.284 bits per heavy atom. The quantitative estimate of drug-likeness (QED) is 0.167. The molecule has 0 fully saturated rings. The first kappa shape index (κ1) is 39.1. The summed E-state index contributed by atoms with van der Waals surface area (Å²) in [6, 6.07) is 79.2. The Hall–Kier alpha value is -8.27. The van der Waals surface area contributed by atoms with Crippen molar-refractivity contribution < 1.29 is 0 Å². The Kier molecular flexibility index (Phi) is 8.69. The van der Waals surface area contributed by atoms with E-state index in [0.717, 1.165) is 38.2 Å². The SMILES string of the molecule is CC1(C)c2ccccc2-c2ccc(-c3nc(-c4ccc(-c5ccccc5)c5ccccc45)nc(-c4ccc(-c5cccc6c5-c5ccccc5C6(C)c5ccccc5)c5ccccc45)n3)cc21. The lowest BCUT2D eigenvalue weighted by Gasteiger charge is -2.28. The number of nitrogens with zero attached hydrogens (tertiary/aromatic N) is 3. The van der Waals surface area contributed by atoms with Crippen LogP contribution in [0.25, 0.3) is 100 Å². The van der Waals surface area contributed by atoms with Gasteiger partial charge in [-0.3, -0.25) is 0 Å². The Labute approximate surface area is 391 Å². The molecule has 0 N–H and O–H groups in total. The van der Waals surface area contributed by atoms with Gasteiger partial charge in [-0.25, -0.2) is 15.0 Å². The van der Waals surface area contributed by atoms with E-state index in [2.05, 4.69) is 239 Å². The molecular weight excluding hydrogens is 811 g/mol. The molecule has 1 atom stereocenters. The van der Waals surface area contributed by atoms with E-state index in [-0.39, 0.29) is 10.8 Å². The van der Waals surface area contributed by atoms with Gasteiger partial charge in [0.1, 0.15) is 0 Å². The summed E-state index contributed by atoms with van der Waals surface area (Å²) >= 11 is 0. The van der Waals surface area contributed by atoms with Crippen LogP contribution in [0.5, 0.6) is 0 Å². The van der Waals surface area contributed by atoms with Gasteiger partial charge < -0.3 is 0 Å². The fraction of sp³-hybridized carbons (Fsp3) is 0.0781. The van der Waals surface area contributed by atoms with Gasteiger partial charge in [0.05, 0.1) is 0 Å². The van der Waals surface area contributed by atoms with Crippen LogP contribution in [-0.4, -0.2) is 15.0 Å². The van der Waals surface area contributed by atoms with Crippen molar-refractivity contribution in [2.45, 2.75) is 31.6 Å². The summed E-state index contributed by atoms with van der Waals surface area (Å²) in [5.41, 5.74) is 18.9. The largest absolute Gasteiger partial charge is 0.208 e. The van der Waals surface area contributed by atoms with Gasteiger partial charge in [-0.15, -0.1) is 0 Å². The molecule has 0 saturated carbocycles. The van der Waals surface area contributed by atoms with Crippen LogP contribution in [0.3, 0.4) is 0 Å². The van der Waals surface area contributed by atoms with Crippen LogP contribution in [0.4, 0.5) is 0 Å². The molecule has 67 heavy (non-hydrogen) atoms. The van der Waals surface area contributed by atoms with Gasteiger partial charge in [0.15, 0.2) is 17.5 Å². The number of hydrogen-bond donors (Lipinski definition) is 0. The summed E-state index contributed by atoms with van der Waals surface area (Å²) in [6.07, 6.45) is 0. The van der Waals surface area contributed by atoms with E-state index in [1.165, 1.54) is 72.3 Å². The van der Waals surface area contributed by atoms with Crippen molar-refractivity contribution in [3.8, 4) is 78.7 Å². The van der Waals surface area contributed by atoms with Crippen LogP contribution in [0.1, 0.15) is 48.6 Å². The van der Waals surface area contributed by atoms with Gasteiger partial charge in [0, 0.05) is 27.5 Å². The molecule has 1 heterocycles. The molecule has 0 bridgehead atoms. The first-order valence-electron chi connectivity index (χ1n) is 23.3. The normalized spacial score (nSPS) is 15.3. The van der Waals surface area contributed by atoms with Crippen LogP contribution in [0, 0.1) is 0 Å². The fourth-order valence-electron chi connectivity index (χ4n) is 11.5. The van der Waals surface area contributed by atoms with E-state index in [4.69, 9.17) is 15.0 Å². The van der Waals surface area contributed by atoms with Gasteiger partial charge in [-0.2, -0.15) is 0 Å². The highest BCUT2D eigenvalue weighted by Gasteiger charge is 2.42. The standard InChI is InChI=1S/C64H45N3/c1-63(2)55-30-16-14-27-49(55)50-34-33-41(39-58(50)63)60-65-61(52-37-35-43(40-19-6-4-7-20-40)44-23-10-12-25-46(44)52)67-62(66-60)53-38-36-48(45-24-11-13-26-47(45)53)51-29-18-32-57-59(51)54-28-15-17-31-56(54)64(57,3)42-21-8-5-9-22-42/h4-39H,1-3H3. The number of benzene rings is 10. The molecule has 1 aromatic heterocycles. The molecule has 0 saturated heterocycles. The second-order valence-electron chi connectivity index (χ2n) is 18.8. The molecular formula is C64H45N3. The third-order valence-electron chi connectivity index (χ3n) is 14.9. The molecule has 2 aliphatic rings. The predicted octanol–water partition coefficient (Wildman–Crippen LogP) is 16.2. The maximum atomic E-state index is 5.46. The average Bonchev–Trinajstić information content (AvgIpc) is 3.79. The van der Waals surface area contributed by atoms with E-state index in [1.807, 2.05) is 0 Å². The van der Waals surface area contributed by atoms with E-state index in [0.29, 0.717) is 17.5 Å². The number of fused-ring (bicyclic) bond motifs is 8.